The molecule has 4 amide bonds. The van der Waals surface area contributed by atoms with E-state index in [1.165, 1.54) is 4.90 Å². The Bertz CT molecular complexity index is 814. The predicted molar refractivity (Wildman–Crippen MR) is 127 cm³/mol. The number of rotatable bonds is 14. The molecule has 0 saturated carbocycles. The quantitative estimate of drug-likeness (QED) is 0.0748. The second-order valence-corrected chi connectivity index (χ2v) is 9.01. The molecule has 1 aliphatic heterocycles. The minimum atomic E-state index is -1.26. The van der Waals surface area contributed by atoms with Gasteiger partial charge < -0.3 is 43.6 Å². The molecule has 1 fully saturated rings. The van der Waals surface area contributed by atoms with Crippen molar-refractivity contribution in [2.75, 3.05) is 13.1 Å². The Morgan fingerprint density at radius 3 is 2.23 bits per heavy atom. The SMILES string of the molecule is CC(C)CC(NC(=O)C(CCCN=C(N)N)NC(=O)C(N)CC(N)=O)C(=O)N1CCCC1C(=O)O. The molecular weight excluding hydrogens is 460 g/mol. The summed E-state index contributed by atoms with van der Waals surface area (Å²) in [6.45, 7) is 4.20. The van der Waals surface area contributed by atoms with Gasteiger partial charge in [-0.3, -0.25) is 24.2 Å². The van der Waals surface area contributed by atoms with Gasteiger partial charge in [0.05, 0.1) is 12.5 Å². The third-order valence-corrected chi connectivity index (χ3v) is 5.48. The lowest BCUT2D eigenvalue weighted by atomic mass is 10.0. The maximum Gasteiger partial charge on any atom is 0.326 e. The molecule has 0 aliphatic carbocycles. The monoisotopic (exact) mass is 498 g/mol. The summed E-state index contributed by atoms with van der Waals surface area (Å²) in [7, 11) is 0. The Morgan fingerprint density at radius 2 is 1.69 bits per heavy atom. The Labute approximate surface area is 204 Å². The van der Waals surface area contributed by atoms with Crippen molar-refractivity contribution in [2.24, 2.45) is 33.8 Å². The van der Waals surface area contributed by atoms with Gasteiger partial charge in [0.25, 0.3) is 0 Å². The van der Waals surface area contributed by atoms with Crippen LogP contribution in [0.1, 0.15) is 52.4 Å². The molecular formula is C21H38N8O6. The third kappa shape index (κ3) is 10.2. The lowest BCUT2D eigenvalue weighted by molar-refractivity contribution is -0.149. The molecule has 0 aromatic carbocycles. The molecule has 1 saturated heterocycles. The first-order valence-electron chi connectivity index (χ1n) is 11.6. The van der Waals surface area contributed by atoms with Crippen molar-refractivity contribution in [3.8, 4) is 0 Å². The number of nitrogens with two attached hydrogens (primary N) is 4. The van der Waals surface area contributed by atoms with E-state index in [4.69, 9.17) is 22.9 Å². The molecule has 14 nitrogen and oxygen atoms in total. The van der Waals surface area contributed by atoms with Crippen LogP contribution >= 0.6 is 0 Å². The maximum atomic E-state index is 13.2. The summed E-state index contributed by atoms with van der Waals surface area (Å²) in [5.74, 6) is -3.90. The van der Waals surface area contributed by atoms with E-state index in [2.05, 4.69) is 15.6 Å². The van der Waals surface area contributed by atoms with Crippen molar-refractivity contribution in [1.29, 1.82) is 0 Å². The average Bonchev–Trinajstić information content (AvgIpc) is 3.23. The number of primary amides is 1. The molecule has 0 radical (unpaired) electrons. The Balaban J connectivity index is 3.03. The Morgan fingerprint density at radius 1 is 1.06 bits per heavy atom. The van der Waals surface area contributed by atoms with Crippen LogP contribution in [0.5, 0.6) is 0 Å². The molecule has 1 rings (SSSR count). The number of carbonyl (C=O) groups is 5. The van der Waals surface area contributed by atoms with E-state index in [1.54, 1.807) is 0 Å². The zero-order valence-corrected chi connectivity index (χ0v) is 20.2. The predicted octanol–water partition coefficient (Wildman–Crippen LogP) is -2.67. The minimum Gasteiger partial charge on any atom is -0.480 e. The molecule has 4 atom stereocenters. The van der Waals surface area contributed by atoms with Gasteiger partial charge in [0.2, 0.25) is 23.6 Å². The fraction of sp³-hybridized carbons (Fsp3) is 0.714. The summed E-state index contributed by atoms with van der Waals surface area (Å²) in [5, 5.41) is 14.6. The van der Waals surface area contributed by atoms with Crippen LogP contribution in [0.3, 0.4) is 0 Å². The number of aliphatic imine (C=N–C) groups is 1. The molecule has 4 unspecified atom stereocenters. The van der Waals surface area contributed by atoms with Gasteiger partial charge in [0.15, 0.2) is 5.96 Å². The number of guanidine groups is 1. The molecule has 198 valence electrons. The molecule has 35 heavy (non-hydrogen) atoms. The smallest absolute Gasteiger partial charge is 0.326 e. The van der Waals surface area contributed by atoms with Crippen molar-refractivity contribution in [1.82, 2.24) is 15.5 Å². The first-order chi connectivity index (χ1) is 16.3. The topological polar surface area (TPSA) is 249 Å². The van der Waals surface area contributed by atoms with Gasteiger partial charge in [-0.25, -0.2) is 4.79 Å². The highest BCUT2D eigenvalue weighted by Crippen LogP contribution is 2.20. The van der Waals surface area contributed by atoms with E-state index in [9.17, 15) is 29.1 Å². The number of amides is 4. The van der Waals surface area contributed by atoms with Crippen LogP contribution in [-0.2, 0) is 24.0 Å². The van der Waals surface area contributed by atoms with E-state index in [0.29, 0.717) is 19.3 Å². The van der Waals surface area contributed by atoms with Gasteiger partial charge >= 0.3 is 5.97 Å². The maximum absolute atomic E-state index is 13.2. The fourth-order valence-corrected chi connectivity index (χ4v) is 3.81. The van der Waals surface area contributed by atoms with Crippen LogP contribution < -0.4 is 33.6 Å². The Hall–Kier alpha value is -3.42. The fourth-order valence-electron chi connectivity index (χ4n) is 3.81. The number of carbonyl (C=O) groups excluding carboxylic acids is 4. The molecule has 0 aromatic heterocycles. The van der Waals surface area contributed by atoms with Crippen molar-refractivity contribution in [3.05, 3.63) is 0 Å². The second kappa shape index (κ2) is 14.1. The summed E-state index contributed by atoms with van der Waals surface area (Å²) in [4.78, 5) is 66.5. The largest absolute Gasteiger partial charge is 0.480 e. The van der Waals surface area contributed by atoms with E-state index in [0.717, 1.165) is 0 Å². The van der Waals surface area contributed by atoms with Crippen molar-refractivity contribution in [2.45, 2.75) is 76.5 Å². The summed E-state index contributed by atoms with van der Waals surface area (Å²) in [6.07, 6.45) is 1.17. The zero-order chi connectivity index (χ0) is 26.7. The number of carboxylic acids is 1. The summed E-state index contributed by atoms with van der Waals surface area (Å²) < 4.78 is 0. The molecule has 0 spiro atoms. The van der Waals surface area contributed by atoms with Gasteiger partial charge in [0, 0.05) is 13.1 Å². The van der Waals surface area contributed by atoms with E-state index >= 15 is 0 Å². The average molecular weight is 499 g/mol. The van der Waals surface area contributed by atoms with Gasteiger partial charge in [-0.1, -0.05) is 13.8 Å². The number of nitrogens with zero attached hydrogens (tertiary/aromatic N) is 2. The van der Waals surface area contributed by atoms with Gasteiger partial charge in [-0.05, 0) is 38.0 Å². The van der Waals surface area contributed by atoms with Crippen LogP contribution in [0, 0.1) is 5.92 Å². The first kappa shape index (κ1) is 29.6. The highest BCUT2D eigenvalue weighted by Gasteiger charge is 2.38. The normalized spacial score (nSPS) is 17.8. The van der Waals surface area contributed by atoms with Crippen LogP contribution in [0.4, 0.5) is 0 Å². The van der Waals surface area contributed by atoms with E-state index in [1.807, 2.05) is 13.8 Å². The number of likely N-dealkylation sites (tertiary alicyclic amines) is 1. The number of aliphatic carboxylic acids is 1. The van der Waals surface area contributed by atoms with Crippen molar-refractivity contribution < 1.29 is 29.1 Å². The van der Waals surface area contributed by atoms with Crippen molar-refractivity contribution >= 4 is 35.6 Å². The summed E-state index contributed by atoms with van der Waals surface area (Å²) in [5.41, 5.74) is 21.4. The zero-order valence-electron chi connectivity index (χ0n) is 20.2. The van der Waals surface area contributed by atoms with Gasteiger partial charge in [0.1, 0.15) is 18.1 Å². The second-order valence-electron chi connectivity index (χ2n) is 9.01. The van der Waals surface area contributed by atoms with Crippen LogP contribution in [0.15, 0.2) is 4.99 Å². The number of hydrogen-bond donors (Lipinski definition) is 7. The first-order valence-corrected chi connectivity index (χ1v) is 11.6. The van der Waals surface area contributed by atoms with Crippen LogP contribution in [0.25, 0.3) is 0 Å². The molecule has 14 heteroatoms. The molecule has 0 bridgehead atoms. The molecule has 11 N–H and O–H groups in total. The van der Waals surface area contributed by atoms with E-state index in [-0.39, 0.29) is 37.8 Å². The molecule has 1 heterocycles. The molecule has 1 aliphatic rings. The summed E-state index contributed by atoms with van der Waals surface area (Å²) >= 11 is 0. The number of hydrogen-bond acceptors (Lipinski definition) is 7. The van der Waals surface area contributed by atoms with Gasteiger partial charge in [-0.15, -0.1) is 0 Å². The summed E-state index contributed by atoms with van der Waals surface area (Å²) in [6, 6.07) is -4.30. The highest BCUT2D eigenvalue weighted by molar-refractivity contribution is 5.95. The number of carboxylic acid groups (broad SMARTS) is 1. The standard InChI is InChI=1S/C21H38N8O6/c1-11(2)9-14(19(33)29-8-4-6-15(29)20(34)35)28-18(32)13(5-3-7-26-21(24)25)27-17(31)12(22)10-16(23)30/h11-15H,3-10,22H2,1-2H3,(H2,23,30)(H,27,31)(H,28,32)(H,34,35)(H4,24,25,26). The Kier molecular flexibility index (Phi) is 11.9. The van der Waals surface area contributed by atoms with Crippen LogP contribution in [-0.4, -0.2) is 82.8 Å². The van der Waals surface area contributed by atoms with Gasteiger partial charge in [-0.2, -0.15) is 0 Å². The number of nitrogens with one attached hydrogen (secondary N) is 2. The lowest BCUT2D eigenvalue weighted by Crippen LogP contribution is -2.57. The van der Waals surface area contributed by atoms with E-state index < -0.39 is 60.2 Å². The highest BCUT2D eigenvalue weighted by atomic mass is 16.4. The molecule has 0 aromatic rings. The van der Waals surface area contributed by atoms with Crippen molar-refractivity contribution in [3.63, 3.8) is 0 Å². The van der Waals surface area contributed by atoms with Crippen LogP contribution in [0.2, 0.25) is 0 Å². The third-order valence-electron chi connectivity index (χ3n) is 5.48. The lowest BCUT2D eigenvalue weighted by Gasteiger charge is -2.29. The minimum absolute atomic E-state index is 0.00836.